The summed E-state index contributed by atoms with van der Waals surface area (Å²) in [6.45, 7) is 1.31. The average molecular weight is 302 g/mol. The minimum atomic E-state index is -4.05. The van der Waals surface area contributed by atoms with E-state index in [-0.39, 0.29) is 12.3 Å². The second kappa shape index (κ2) is 5.31. The molecule has 1 fully saturated rings. The minimum absolute atomic E-state index is 0.219. The van der Waals surface area contributed by atoms with Gasteiger partial charge in [-0.2, -0.15) is 0 Å². The smallest absolute Gasteiger partial charge is 0.244 e. The van der Waals surface area contributed by atoms with Gasteiger partial charge in [0.05, 0.1) is 12.1 Å². The summed E-state index contributed by atoms with van der Waals surface area (Å²) in [5.41, 5.74) is 5.47. The van der Waals surface area contributed by atoms with Gasteiger partial charge in [0.2, 0.25) is 10.0 Å². The topological polar surface area (TPSA) is 92.4 Å². The molecule has 0 aliphatic heterocycles. The molecule has 1 aliphatic rings. The Morgan fingerprint density at radius 1 is 1.40 bits per heavy atom. The van der Waals surface area contributed by atoms with Gasteiger partial charge < -0.3 is 10.8 Å². The zero-order valence-corrected chi connectivity index (χ0v) is 12.1. The monoisotopic (exact) mass is 302 g/mol. The lowest BCUT2D eigenvalue weighted by molar-refractivity contribution is 0.185. The number of aliphatic hydroxyl groups excluding tert-OH is 1. The highest BCUT2D eigenvalue weighted by Gasteiger charge is 2.38. The summed E-state index contributed by atoms with van der Waals surface area (Å²) in [7, 11) is -4.05. The number of benzene rings is 1. The predicted molar refractivity (Wildman–Crippen MR) is 74.2 cm³/mol. The average Bonchev–Trinajstić information content (AvgIpc) is 2.82. The van der Waals surface area contributed by atoms with Gasteiger partial charge in [0, 0.05) is 5.69 Å². The van der Waals surface area contributed by atoms with Crippen LogP contribution in [0.25, 0.3) is 0 Å². The van der Waals surface area contributed by atoms with Gasteiger partial charge in [0.1, 0.15) is 10.7 Å². The summed E-state index contributed by atoms with van der Waals surface area (Å²) in [5.74, 6) is -0.838. The molecule has 0 heterocycles. The Balaban J connectivity index is 2.38. The fourth-order valence-electron chi connectivity index (χ4n) is 2.56. The molecule has 5 nitrogen and oxygen atoms in total. The Hall–Kier alpha value is -1.18. The lowest BCUT2D eigenvalue weighted by Crippen LogP contribution is -2.49. The third-order valence-electron chi connectivity index (χ3n) is 3.82. The second-order valence-corrected chi connectivity index (χ2v) is 7.04. The first-order valence-corrected chi connectivity index (χ1v) is 7.98. The van der Waals surface area contributed by atoms with Crippen LogP contribution in [0, 0.1) is 12.7 Å². The molecule has 4 N–H and O–H groups in total. The number of aliphatic hydroxyl groups is 1. The molecule has 0 aromatic heterocycles. The van der Waals surface area contributed by atoms with Crippen molar-refractivity contribution in [3.63, 3.8) is 0 Å². The first-order valence-electron chi connectivity index (χ1n) is 6.50. The van der Waals surface area contributed by atoms with Crippen LogP contribution in [0.3, 0.4) is 0 Å². The van der Waals surface area contributed by atoms with Crippen molar-refractivity contribution in [2.24, 2.45) is 0 Å². The lowest BCUT2D eigenvalue weighted by Gasteiger charge is -2.27. The van der Waals surface area contributed by atoms with E-state index in [0.29, 0.717) is 18.4 Å². The summed E-state index contributed by atoms with van der Waals surface area (Å²) in [6, 6.07) is 2.22. The Morgan fingerprint density at radius 3 is 2.55 bits per heavy atom. The molecule has 0 amide bonds. The Bertz CT molecular complexity index is 610. The molecule has 1 aliphatic carbocycles. The molecule has 7 heteroatoms. The van der Waals surface area contributed by atoms with E-state index in [4.69, 9.17) is 5.73 Å². The van der Waals surface area contributed by atoms with Crippen molar-refractivity contribution in [1.29, 1.82) is 0 Å². The van der Waals surface area contributed by atoms with Crippen LogP contribution in [0.1, 0.15) is 31.2 Å². The maximum atomic E-state index is 13.9. The zero-order chi connectivity index (χ0) is 15.0. The molecular weight excluding hydrogens is 283 g/mol. The molecule has 1 aromatic rings. The number of aryl methyl sites for hydroxylation is 1. The summed E-state index contributed by atoms with van der Waals surface area (Å²) in [6.07, 6.45) is 2.76. The number of sulfonamides is 1. The summed E-state index contributed by atoms with van der Waals surface area (Å²) in [5, 5.41) is 9.45. The number of nitrogens with one attached hydrogen (secondary N) is 1. The Labute approximate surface area is 118 Å². The van der Waals surface area contributed by atoms with Gasteiger partial charge in [-0.15, -0.1) is 0 Å². The molecule has 112 valence electrons. The molecule has 0 atom stereocenters. The standard InChI is InChI=1S/C13H19FN2O3S/c1-9-6-10(14)12(7-11(9)15)20(18,19)16-13(8-17)4-2-3-5-13/h6-7,16-17H,2-5,8,15H2,1H3. The lowest BCUT2D eigenvalue weighted by atomic mass is 10.0. The van der Waals surface area contributed by atoms with E-state index >= 15 is 0 Å². The van der Waals surface area contributed by atoms with Crippen molar-refractivity contribution in [3.05, 3.63) is 23.5 Å². The molecule has 1 aromatic carbocycles. The summed E-state index contributed by atoms with van der Waals surface area (Å²) in [4.78, 5) is -0.472. The maximum Gasteiger partial charge on any atom is 0.244 e. The number of hydrogen-bond acceptors (Lipinski definition) is 4. The fourth-order valence-corrected chi connectivity index (χ4v) is 4.11. The van der Waals surface area contributed by atoms with Gasteiger partial charge in [0.15, 0.2) is 0 Å². The highest BCUT2D eigenvalue weighted by atomic mass is 32.2. The quantitative estimate of drug-likeness (QED) is 0.731. The largest absolute Gasteiger partial charge is 0.398 e. The van der Waals surface area contributed by atoms with Crippen LogP contribution in [0.2, 0.25) is 0 Å². The number of nitrogen functional groups attached to an aromatic ring is 1. The van der Waals surface area contributed by atoms with Crippen LogP contribution < -0.4 is 10.5 Å². The van der Waals surface area contributed by atoms with E-state index in [1.165, 1.54) is 0 Å². The van der Waals surface area contributed by atoms with Crippen molar-refractivity contribution in [1.82, 2.24) is 4.72 Å². The van der Waals surface area contributed by atoms with Crippen LogP contribution in [-0.4, -0.2) is 25.7 Å². The predicted octanol–water partition coefficient (Wildman–Crippen LogP) is 1.30. The molecule has 20 heavy (non-hydrogen) atoms. The van der Waals surface area contributed by atoms with Crippen molar-refractivity contribution in [2.75, 3.05) is 12.3 Å². The summed E-state index contributed by atoms with van der Waals surface area (Å²) >= 11 is 0. The molecule has 0 saturated heterocycles. The second-order valence-electron chi connectivity index (χ2n) is 5.39. The van der Waals surface area contributed by atoms with Gasteiger partial charge in [-0.1, -0.05) is 12.8 Å². The first kappa shape index (κ1) is 15.2. The molecule has 1 saturated carbocycles. The first-order chi connectivity index (χ1) is 9.30. The number of nitrogens with two attached hydrogens (primary N) is 1. The van der Waals surface area contributed by atoms with E-state index < -0.39 is 26.3 Å². The van der Waals surface area contributed by atoms with Crippen LogP contribution in [0.4, 0.5) is 10.1 Å². The van der Waals surface area contributed by atoms with Gasteiger partial charge in [0.25, 0.3) is 0 Å². The SMILES string of the molecule is Cc1cc(F)c(S(=O)(=O)NC2(CO)CCCC2)cc1N. The van der Waals surface area contributed by atoms with Crippen molar-refractivity contribution in [3.8, 4) is 0 Å². The summed E-state index contributed by atoms with van der Waals surface area (Å²) < 4.78 is 41.0. The molecule has 2 rings (SSSR count). The van der Waals surface area contributed by atoms with Gasteiger partial charge in [-0.25, -0.2) is 17.5 Å². The van der Waals surface area contributed by atoms with Gasteiger partial charge >= 0.3 is 0 Å². The molecule has 0 radical (unpaired) electrons. The van der Waals surface area contributed by atoms with Gasteiger partial charge in [-0.3, -0.25) is 0 Å². The third-order valence-corrected chi connectivity index (χ3v) is 5.42. The van der Waals surface area contributed by atoms with Crippen LogP contribution >= 0.6 is 0 Å². The fraction of sp³-hybridized carbons (Fsp3) is 0.538. The molecule has 0 unspecified atom stereocenters. The van der Waals surface area contributed by atoms with Crippen LogP contribution in [0.5, 0.6) is 0 Å². The highest BCUT2D eigenvalue weighted by molar-refractivity contribution is 7.89. The third kappa shape index (κ3) is 2.79. The number of halogens is 1. The molecule has 0 bridgehead atoms. The molecule has 0 spiro atoms. The van der Waals surface area contributed by atoms with E-state index in [1.807, 2.05) is 0 Å². The van der Waals surface area contributed by atoms with Crippen molar-refractivity contribution >= 4 is 15.7 Å². The number of anilines is 1. The Kier molecular flexibility index (Phi) is 4.04. The van der Waals surface area contributed by atoms with E-state index in [0.717, 1.165) is 25.0 Å². The van der Waals surface area contributed by atoms with Crippen LogP contribution in [-0.2, 0) is 10.0 Å². The van der Waals surface area contributed by atoms with E-state index in [2.05, 4.69) is 4.72 Å². The van der Waals surface area contributed by atoms with E-state index in [9.17, 15) is 17.9 Å². The number of hydrogen-bond donors (Lipinski definition) is 3. The van der Waals surface area contributed by atoms with Gasteiger partial charge in [-0.05, 0) is 37.5 Å². The van der Waals surface area contributed by atoms with Crippen LogP contribution in [0.15, 0.2) is 17.0 Å². The number of rotatable bonds is 4. The highest BCUT2D eigenvalue weighted by Crippen LogP contribution is 2.31. The molecular formula is C13H19FN2O3S. The zero-order valence-electron chi connectivity index (χ0n) is 11.3. The maximum absolute atomic E-state index is 13.9. The van der Waals surface area contributed by atoms with Crippen molar-refractivity contribution < 1.29 is 17.9 Å². The van der Waals surface area contributed by atoms with Crippen molar-refractivity contribution in [2.45, 2.75) is 43.0 Å². The Morgan fingerprint density at radius 2 is 2.00 bits per heavy atom. The normalized spacial score (nSPS) is 18.4. The minimum Gasteiger partial charge on any atom is -0.398 e. The van der Waals surface area contributed by atoms with E-state index in [1.54, 1.807) is 6.92 Å².